The van der Waals surface area contributed by atoms with E-state index in [0.717, 1.165) is 9.88 Å². The van der Waals surface area contributed by atoms with Crippen LogP contribution in [0.4, 0.5) is 10.1 Å². The largest absolute Gasteiger partial charge is 0.353 e. The highest BCUT2D eigenvalue weighted by Crippen LogP contribution is 2.42. The zero-order valence-corrected chi connectivity index (χ0v) is 18.9. The smallest absolute Gasteiger partial charge is 0.222 e. The Morgan fingerprint density at radius 3 is 2.84 bits per heavy atom. The summed E-state index contributed by atoms with van der Waals surface area (Å²) in [4.78, 5) is 13.8. The highest BCUT2D eigenvalue weighted by Gasteiger charge is 2.40. The van der Waals surface area contributed by atoms with E-state index < -0.39 is 18.3 Å². The molecule has 1 aliphatic heterocycles. The van der Waals surface area contributed by atoms with Crippen LogP contribution in [0.3, 0.4) is 0 Å². The Kier molecular flexibility index (Phi) is 6.07. The average Bonchev–Trinajstić information content (AvgIpc) is 3.28. The molecule has 0 bridgehead atoms. The Morgan fingerprint density at radius 1 is 1.32 bits per heavy atom. The SMILES string of the molecule is C=CCOC1OC1Nc1cccc(-c2nc(C(C)(C)C)sc2-c2ccnc(Cl)n2)c1F. The van der Waals surface area contributed by atoms with Crippen LogP contribution in [0, 0.1) is 5.82 Å². The molecular formula is C22H22ClFN4O2S. The lowest BCUT2D eigenvalue weighted by Gasteiger charge is -2.13. The first kappa shape index (κ1) is 21.8. The molecule has 1 N–H and O–H groups in total. The van der Waals surface area contributed by atoms with Crippen LogP contribution in [-0.4, -0.2) is 34.1 Å². The van der Waals surface area contributed by atoms with Crippen molar-refractivity contribution in [1.29, 1.82) is 0 Å². The molecule has 0 spiro atoms. The second-order valence-corrected chi connectivity index (χ2v) is 9.35. The summed E-state index contributed by atoms with van der Waals surface area (Å²) in [6, 6.07) is 6.88. The lowest BCUT2D eigenvalue weighted by Crippen LogP contribution is -2.11. The number of halogens is 2. The highest BCUT2D eigenvalue weighted by atomic mass is 35.5. The molecule has 0 amide bonds. The summed E-state index contributed by atoms with van der Waals surface area (Å²) in [5, 5.41) is 4.03. The number of nitrogens with zero attached hydrogens (tertiary/aromatic N) is 3. The van der Waals surface area contributed by atoms with Crippen molar-refractivity contribution in [3.05, 3.63) is 59.2 Å². The molecule has 2 atom stereocenters. The maximum atomic E-state index is 15.5. The standard InChI is InChI=1S/C22H22ClFN4O2S/c1-5-11-29-19-18(30-19)26-13-8-6-7-12(15(13)24)16-17(14-9-10-25-21(23)27-14)31-20(28-16)22(2,3)4/h5-10,18-19,26H,1,11H2,2-4H3. The fraction of sp³-hybridized carbons (Fsp3) is 0.318. The van der Waals surface area contributed by atoms with Crippen molar-refractivity contribution in [2.24, 2.45) is 0 Å². The van der Waals surface area contributed by atoms with E-state index in [-0.39, 0.29) is 10.7 Å². The van der Waals surface area contributed by atoms with Crippen molar-refractivity contribution in [2.45, 2.75) is 38.7 Å². The number of aromatic nitrogens is 3. The van der Waals surface area contributed by atoms with E-state index in [0.29, 0.717) is 29.2 Å². The number of hydrogen-bond acceptors (Lipinski definition) is 7. The Bertz CT molecular complexity index is 1120. The predicted octanol–water partition coefficient (Wildman–Crippen LogP) is 5.65. The summed E-state index contributed by atoms with van der Waals surface area (Å²) in [6.45, 7) is 10.2. The minimum absolute atomic E-state index is 0.126. The quantitative estimate of drug-likeness (QED) is 0.279. The van der Waals surface area contributed by atoms with Gasteiger partial charge in [0.2, 0.25) is 11.6 Å². The van der Waals surface area contributed by atoms with Crippen molar-refractivity contribution in [1.82, 2.24) is 15.0 Å². The van der Waals surface area contributed by atoms with E-state index in [9.17, 15) is 0 Å². The number of epoxide rings is 1. The number of rotatable bonds is 7. The monoisotopic (exact) mass is 460 g/mol. The molecule has 4 rings (SSSR count). The Hall–Kier alpha value is -2.39. The minimum atomic E-state index is -0.424. The third kappa shape index (κ3) is 4.77. The fourth-order valence-corrected chi connectivity index (χ4v) is 4.18. The minimum Gasteiger partial charge on any atom is -0.353 e. The molecule has 0 saturated carbocycles. The molecule has 1 saturated heterocycles. The maximum Gasteiger partial charge on any atom is 0.222 e. The molecule has 3 heterocycles. The van der Waals surface area contributed by atoms with E-state index >= 15 is 4.39 Å². The van der Waals surface area contributed by atoms with Gasteiger partial charge in [-0.25, -0.2) is 19.3 Å². The third-order valence-electron chi connectivity index (χ3n) is 4.51. The Morgan fingerprint density at radius 2 is 2.13 bits per heavy atom. The molecule has 9 heteroatoms. The van der Waals surface area contributed by atoms with Crippen LogP contribution in [0.2, 0.25) is 5.28 Å². The lowest BCUT2D eigenvalue weighted by atomic mass is 9.98. The molecule has 1 fully saturated rings. The second-order valence-electron chi connectivity index (χ2n) is 8.02. The molecule has 3 aromatic rings. The summed E-state index contributed by atoms with van der Waals surface area (Å²) in [5.74, 6) is -0.423. The van der Waals surface area contributed by atoms with E-state index in [1.165, 1.54) is 11.3 Å². The highest BCUT2D eigenvalue weighted by molar-refractivity contribution is 7.15. The van der Waals surface area contributed by atoms with Gasteiger partial charge in [0.25, 0.3) is 0 Å². The predicted molar refractivity (Wildman–Crippen MR) is 121 cm³/mol. The first-order chi connectivity index (χ1) is 14.8. The zero-order chi connectivity index (χ0) is 22.2. The first-order valence-corrected chi connectivity index (χ1v) is 10.9. The van der Waals surface area contributed by atoms with Crippen LogP contribution in [0.15, 0.2) is 43.1 Å². The zero-order valence-electron chi connectivity index (χ0n) is 17.4. The molecule has 2 unspecified atom stereocenters. The van der Waals surface area contributed by atoms with Crippen LogP contribution in [0.25, 0.3) is 21.8 Å². The summed E-state index contributed by atoms with van der Waals surface area (Å²) >= 11 is 7.48. The molecule has 2 aromatic heterocycles. The van der Waals surface area contributed by atoms with Gasteiger partial charge >= 0.3 is 0 Å². The topological polar surface area (TPSA) is 72.5 Å². The molecule has 162 valence electrons. The Balaban J connectivity index is 1.72. The van der Waals surface area contributed by atoms with Gasteiger partial charge < -0.3 is 14.8 Å². The summed E-state index contributed by atoms with van der Waals surface area (Å²) in [6.07, 6.45) is 2.38. The van der Waals surface area contributed by atoms with E-state index in [1.807, 2.05) is 0 Å². The third-order valence-corrected chi connectivity index (χ3v) is 6.19. The lowest BCUT2D eigenvalue weighted by molar-refractivity contribution is 0.0697. The van der Waals surface area contributed by atoms with Gasteiger partial charge in [-0.05, 0) is 29.8 Å². The molecule has 1 aromatic carbocycles. The van der Waals surface area contributed by atoms with Gasteiger partial charge in [0.15, 0.2) is 12.0 Å². The van der Waals surface area contributed by atoms with Gasteiger partial charge in [0.05, 0.1) is 33.6 Å². The summed E-state index contributed by atoms with van der Waals surface area (Å²) in [5.41, 5.74) is 1.58. The average molecular weight is 461 g/mol. The van der Waals surface area contributed by atoms with Gasteiger partial charge in [-0.2, -0.15) is 0 Å². The number of benzene rings is 1. The van der Waals surface area contributed by atoms with Crippen LogP contribution in [-0.2, 0) is 14.9 Å². The fourth-order valence-electron chi connectivity index (χ4n) is 2.93. The van der Waals surface area contributed by atoms with Gasteiger partial charge in [0.1, 0.15) is 0 Å². The van der Waals surface area contributed by atoms with Crippen molar-refractivity contribution in [2.75, 3.05) is 11.9 Å². The van der Waals surface area contributed by atoms with Crippen LogP contribution >= 0.6 is 22.9 Å². The first-order valence-electron chi connectivity index (χ1n) is 9.71. The van der Waals surface area contributed by atoms with Crippen molar-refractivity contribution < 1.29 is 13.9 Å². The maximum absolute atomic E-state index is 15.5. The van der Waals surface area contributed by atoms with Gasteiger partial charge in [-0.1, -0.05) is 32.9 Å². The number of nitrogens with one attached hydrogen (secondary N) is 1. The molecule has 1 aliphatic rings. The number of ether oxygens (including phenoxy) is 2. The molecular weight excluding hydrogens is 439 g/mol. The van der Waals surface area contributed by atoms with Crippen molar-refractivity contribution >= 4 is 28.6 Å². The number of hydrogen-bond donors (Lipinski definition) is 1. The molecule has 31 heavy (non-hydrogen) atoms. The Labute approximate surface area is 189 Å². The second kappa shape index (κ2) is 8.63. The van der Waals surface area contributed by atoms with Gasteiger partial charge in [-0.3, -0.25) is 0 Å². The van der Waals surface area contributed by atoms with Crippen LogP contribution < -0.4 is 5.32 Å². The van der Waals surface area contributed by atoms with Crippen molar-refractivity contribution in [3.63, 3.8) is 0 Å². The number of anilines is 1. The molecule has 0 radical (unpaired) electrons. The molecule has 0 aliphatic carbocycles. The summed E-state index contributed by atoms with van der Waals surface area (Å²) < 4.78 is 26.3. The van der Waals surface area contributed by atoms with E-state index in [4.69, 9.17) is 26.1 Å². The van der Waals surface area contributed by atoms with Crippen LogP contribution in [0.1, 0.15) is 25.8 Å². The normalized spacial score (nSPS) is 18.1. The van der Waals surface area contributed by atoms with E-state index in [1.54, 1.807) is 36.5 Å². The van der Waals surface area contributed by atoms with Gasteiger partial charge in [-0.15, -0.1) is 17.9 Å². The van der Waals surface area contributed by atoms with E-state index in [2.05, 4.69) is 42.6 Å². The van der Waals surface area contributed by atoms with Crippen molar-refractivity contribution in [3.8, 4) is 21.8 Å². The number of thiazole rings is 1. The van der Waals surface area contributed by atoms with Gasteiger partial charge in [0, 0.05) is 17.2 Å². The summed E-state index contributed by atoms with van der Waals surface area (Å²) in [7, 11) is 0. The molecule has 6 nitrogen and oxygen atoms in total. The van der Waals surface area contributed by atoms with Crippen LogP contribution in [0.5, 0.6) is 0 Å².